The SMILES string of the molecule is Cc1nc(-c2ccsc2)sc1C(=O)N(Cc1cccs1)Cc1cccs1. The first kappa shape index (κ1) is 17.6. The van der Waals surface area contributed by atoms with Gasteiger partial charge in [-0.05, 0) is 41.3 Å². The summed E-state index contributed by atoms with van der Waals surface area (Å²) in [5, 5.41) is 9.12. The second-order valence-electron chi connectivity index (χ2n) is 5.77. The smallest absolute Gasteiger partial charge is 0.266 e. The van der Waals surface area contributed by atoms with Crippen molar-refractivity contribution in [2.45, 2.75) is 20.0 Å². The van der Waals surface area contributed by atoms with Crippen molar-refractivity contribution in [1.82, 2.24) is 9.88 Å². The van der Waals surface area contributed by atoms with Crippen molar-refractivity contribution in [3.63, 3.8) is 0 Å². The predicted octanol–water partition coefficient (Wildman–Crippen LogP) is 6.15. The Bertz CT molecular complexity index is 933. The molecule has 1 amide bonds. The Labute approximate surface area is 168 Å². The Morgan fingerprint density at radius 1 is 1.04 bits per heavy atom. The molecule has 4 aromatic rings. The van der Waals surface area contributed by atoms with Gasteiger partial charge in [-0.15, -0.1) is 34.0 Å². The molecule has 4 aromatic heterocycles. The molecule has 0 saturated carbocycles. The Kier molecular flexibility index (Phi) is 5.31. The van der Waals surface area contributed by atoms with Crippen molar-refractivity contribution in [3.05, 3.63) is 72.2 Å². The molecule has 0 aromatic carbocycles. The molecule has 0 unspecified atom stereocenters. The van der Waals surface area contributed by atoms with Gasteiger partial charge < -0.3 is 4.90 Å². The molecule has 0 N–H and O–H groups in total. The number of hydrogen-bond acceptors (Lipinski definition) is 6. The van der Waals surface area contributed by atoms with Gasteiger partial charge in [-0.3, -0.25) is 4.79 Å². The fraction of sp³-hybridized carbons (Fsp3) is 0.158. The average Bonchev–Trinajstić information content (AvgIpc) is 3.41. The number of hydrogen-bond donors (Lipinski definition) is 0. The van der Waals surface area contributed by atoms with Gasteiger partial charge in [0.25, 0.3) is 5.91 Å². The standard InChI is InChI=1S/C19H16N2OS4/c1-13-17(26-18(20-13)14-6-9-23-12-14)19(22)21(10-15-4-2-7-24-15)11-16-5-3-8-25-16/h2-9,12H,10-11H2,1H3. The molecule has 0 radical (unpaired) electrons. The maximum Gasteiger partial charge on any atom is 0.266 e. The summed E-state index contributed by atoms with van der Waals surface area (Å²) in [4.78, 5) is 23.0. The number of amides is 1. The van der Waals surface area contributed by atoms with E-state index >= 15 is 0 Å². The molecule has 7 heteroatoms. The minimum absolute atomic E-state index is 0.0586. The average molecular weight is 417 g/mol. The van der Waals surface area contributed by atoms with E-state index < -0.39 is 0 Å². The Balaban J connectivity index is 1.63. The highest BCUT2D eigenvalue weighted by atomic mass is 32.1. The van der Waals surface area contributed by atoms with Crippen LogP contribution in [-0.4, -0.2) is 15.8 Å². The number of carbonyl (C=O) groups is 1. The molecule has 0 saturated heterocycles. The first-order valence-corrected chi connectivity index (χ1v) is 11.6. The summed E-state index contributed by atoms with van der Waals surface area (Å²) >= 11 is 6.50. The van der Waals surface area contributed by atoms with Crippen LogP contribution in [0.4, 0.5) is 0 Å². The first-order chi connectivity index (χ1) is 12.7. The van der Waals surface area contributed by atoms with Crippen molar-refractivity contribution in [1.29, 1.82) is 0 Å². The molecule has 0 aliphatic rings. The lowest BCUT2D eigenvalue weighted by Gasteiger charge is -2.21. The number of thiazole rings is 1. The minimum Gasteiger partial charge on any atom is -0.328 e. The highest BCUT2D eigenvalue weighted by Crippen LogP contribution is 2.31. The lowest BCUT2D eigenvalue weighted by molar-refractivity contribution is 0.0737. The van der Waals surface area contributed by atoms with Gasteiger partial charge in [-0.2, -0.15) is 11.3 Å². The highest BCUT2D eigenvalue weighted by Gasteiger charge is 2.23. The molecule has 4 heterocycles. The van der Waals surface area contributed by atoms with Crippen LogP contribution in [-0.2, 0) is 13.1 Å². The van der Waals surface area contributed by atoms with Gasteiger partial charge in [0.05, 0.1) is 18.8 Å². The molecular formula is C19H16N2OS4. The summed E-state index contributed by atoms with van der Waals surface area (Å²) in [6.45, 7) is 3.17. The van der Waals surface area contributed by atoms with Crippen LogP contribution >= 0.6 is 45.3 Å². The van der Waals surface area contributed by atoms with Gasteiger partial charge in [0.2, 0.25) is 0 Å². The summed E-state index contributed by atoms with van der Waals surface area (Å²) in [6.07, 6.45) is 0. The number of aryl methyl sites for hydroxylation is 1. The quantitative estimate of drug-likeness (QED) is 0.378. The first-order valence-electron chi connectivity index (χ1n) is 8.05. The van der Waals surface area contributed by atoms with Crippen LogP contribution in [0.5, 0.6) is 0 Å². The Morgan fingerprint density at radius 3 is 2.27 bits per heavy atom. The lowest BCUT2D eigenvalue weighted by atomic mass is 10.3. The normalized spacial score (nSPS) is 11.0. The molecule has 0 fully saturated rings. The molecule has 3 nitrogen and oxygen atoms in total. The van der Waals surface area contributed by atoms with Gasteiger partial charge in [-0.1, -0.05) is 12.1 Å². The van der Waals surface area contributed by atoms with E-state index in [1.54, 1.807) is 34.0 Å². The van der Waals surface area contributed by atoms with E-state index in [0.29, 0.717) is 13.1 Å². The van der Waals surface area contributed by atoms with Crippen LogP contribution in [0.1, 0.15) is 25.1 Å². The molecule has 4 rings (SSSR count). The second-order valence-corrected chi connectivity index (χ2v) is 9.61. The molecule has 0 atom stereocenters. The topological polar surface area (TPSA) is 33.2 Å². The van der Waals surface area contributed by atoms with Gasteiger partial charge >= 0.3 is 0 Å². The number of thiophene rings is 3. The van der Waals surface area contributed by atoms with Gasteiger partial charge in [0.1, 0.15) is 9.88 Å². The van der Waals surface area contributed by atoms with E-state index in [9.17, 15) is 4.79 Å². The Morgan fingerprint density at radius 2 is 1.73 bits per heavy atom. The number of rotatable bonds is 6. The van der Waals surface area contributed by atoms with E-state index in [2.05, 4.69) is 33.3 Å². The van der Waals surface area contributed by atoms with Crippen molar-refractivity contribution >= 4 is 51.3 Å². The number of nitrogens with zero attached hydrogens (tertiary/aromatic N) is 2. The summed E-state index contributed by atoms with van der Waals surface area (Å²) in [5.41, 5.74) is 1.90. The third-order valence-electron chi connectivity index (χ3n) is 3.90. The van der Waals surface area contributed by atoms with Gasteiger partial charge in [-0.25, -0.2) is 4.98 Å². The van der Waals surface area contributed by atoms with Crippen LogP contribution in [0.25, 0.3) is 10.6 Å². The molecule has 132 valence electrons. The van der Waals surface area contributed by atoms with Crippen LogP contribution < -0.4 is 0 Å². The maximum atomic E-state index is 13.3. The monoisotopic (exact) mass is 416 g/mol. The van der Waals surface area contributed by atoms with E-state index in [0.717, 1.165) is 21.1 Å². The van der Waals surface area contributed by atoms with E-state index in [-0.39, 0.29) is 5.91 Å². The summed E-state index contributed by atoms with van der Waals surface area (Å²) < 4.78 is 0. The third kappa shape index (κ3) is 3.81. The van der Waals surface area contributed by atoms with Crippen molar-refractivity contribution in [3.8, 4) is 10.6 Å². The minimum atomic E-state index is 0.0586. The largest absolute Gasteiger partial charge is 0.328 e. The fourth-order valence-corrected chi connectivity index (χ4v) is 5.81. The molecule has 26 heavy (non-hydrogen) atoms. The van der Waals surface area contributed by atoms with Crippen LogP contribution in [0.15, 0.2) is 51.9 Å². The molecule has 0 spiro atoms. The third-order valence-corrected chi connectivity index (χ3v) is 7.50. The van der Waals surface area contributed by atoms with Gasteiger partial charge in [0.15, 0.2) is 0 Å². The number of aromatic nitrogens is 1. The van der Waals surface area contributed by atoms with E-state index in [4.69, 9.17) is 0 Å². The summed E-state index contributed by atoms with van der Waals surface area (Å²) in [7, 11) is 0. The van der Waals surface area contributed by atoms with Crippen LogP contribution in [0.2, 0.25) is 0 Å². The van der Waals surface area contributed by atoms with Crippen molar-refractivity contribution < 1.29 is 4.79 Å². The second kappa shape index (κ2) is 7.84. The molecule has 0 bridgehead atoms. The fourth-order valence-electron chi connectivity index (χ4n) is 2.63. The zero-order valence-electron chi connectivity index (χ0n) is 14.0. The zero-order chi connectivity index (χ0) is 17.9. The van der Waals surface area contributed by atoms with Crippen molar-refractivity contribution in [2.75, 3.05) is 0 Å². The molecule has 0 aliphatic heterocycles. The maximum absolute atomic E-state index is 13.3. The van der Waals surface area contributed by atoms with E-state index in [1.807, 2.05) is 35.4 Å². The predicted molar refractivity (Wildman–Crippen MR) is 112 cm³/mol. The summed E-state index contributed by atoms with van der Waals surface area (Å²) in [6, 6.07) is 10.3. The van der Waals surface area contributed by atoms with Gasteiger partial charge in [0, 0.05) is 20.7 Å². The van der Waals surface area contributed by atoms with Crippen molar-refractivity contribution in [2.24, 2.45) is 0 Å². The zero-order valence-corrected chi connectivity index (χ0v) is 17.3. The van der Waals surface area contributed by atoms with E-state index in [1.165, 1.54) is 21.1 Å². The lowest BCUT2D eigenvalue weighted by Crippen LogP contribution is -2.29. The van der Waals surface area contributed by atoms with Crippen LogP contribution in [0, 0.1) is 6.92 Å². The van der Waals surface area contributed by atoms with Crippen LogP contribution in [0.3, 0.4) is 0 Å². The highest BCUT2D eigenvalue weighted by molar-refractivity contribution is 7.17. The Hall–Kier alpha value is -1.80. The molecule has 0 aliphatic carbocycles. The number of carbonyl (C=O) groups excluding carboxylic acids is 1. The summed E-state index contributed by atoms with van der Waals surface area (Å²) in [5.74, 6) is 0.0586. The molecular weight excluding hydrogens is 400 g/mol.